The molecule has 0 spiro atoms. The molecule has 3 aromatic rings. The summed E-state index contributed by atoms with van der Waals surface area (Å²) in [6, 6.07) is 15.9. The first-order valence-electron chi connectivity index (χ1n) is 6.18. The first kappa shape index (κ1) is 13.9. The molecule has 5 heteroatoms. The highest BCUT2D eigenvalue weighted by Gasteiger charge is 2.07. The highest BCUT2D eigenvalue weighted by Crippen LogP contribution is 2.30. The monoisotopic (exact) mass is 314 g/mol. The summed E-state index contributed by atoms with van der Waals surface area (Å²) in [6.07, 6.45) is 0. The van der Waals surface area contributed by atoms with Crippen LogP contribution in [0.5, 0.6) is 0 Å². The Morgan fingerprint density at radius 1 is 1.10 bits per heavy atom. The van der Waals surface area contributed by atoms with Crippen LogP contribution in [0.4, 0.5) is 0 Å². The van der Waals surface area contributed by atoms with Crippen molar-refractivity contribution in [2.24, 2.45) is 0 Å². The van der Waals surface area contributed by atoms with Crippen LogP contribution in [0.15, 0.2) is 64.5 Å². The fourth-order valence-corrected chi connectivity index (χ4v) is 2.96. The molecule has 0 fully saturated rings. The zero-order valence-electron chi connectivity index (χ0n) is 10.7. The second-order valence-electron chi connectivity index (χ2n) is 4.37. The lowest BCUT2D eigenvalue weighted by molar-refractivity contribution is -0.254. The number of carbonyl (C=O) groups excluding carboxylic acids is 1. The van der Waals surface area contributed by atoms with E-state index in [0.717, 1.165) is 4.90 Å². The number of carboxylic acids is 1. The molecule has 1 heterocycles. The minimum absolute atomic E-state index is 0.150. The van der Waals surface area contributed by atoms with Crippen LogP contribution < -0.4 is 5.11 Å². The van der Waals surface area contributed by atoms with E-state index < -0.39 is 5.97 Å². The Labute approximate surface area is 130 Å². The Balaban J connectivity index is 2.06. The molecule has 0 aliphatic carbocycles. The number of hydrogen-bond donors (Lipinski definition) is 0. The lowest BCUT2D eigenvalue weighted by atomic mass is 10.1. The first-order valence-corrected chi connectivity index (χ1v) is 7.37. The quantitative estimate of drug-likeness (QED) is 0.743. The number of carboxylic acid groups (broad SMARTS) is 1. The summed E-state index contributed by atoms with van der Waals surface area (Å²) in [7, 11) is 0. The summed E-state index contributed by atoms with van der Waals surface area (Å²) in [6.45, 7) is 0. The van der Waals surface area contributed by atoms with Crippen molar-refractivity contribution < 1.29 is 9.90 Å². The van der Waals surface area contributed by atoms with Gasteiger partial charge >= 0.3 is 0 Å². The highest BCUT2D eigenvalue weighted by molar-refractivity contribution is 7.99. The van der Waals surface area contributed by atoms with Gasteiger partial charge in [0.2, 0.25) is 0 Å². The van der Waals surface area contributed by atoms with Crippen molar-refractivity contribution in [3.8, 4) is 0 Å². The van der Waals surface area contributed by atoms with E-state index in [1.165, 1.54) is 17.8 Å². The summed E-state index contributed by atoms with van der Waals surface area (Å²) >= 11 is 7.23. The molecule has 0 unspecified atom stereocenters. The number of halogens is 1. The van der Waals surface area contributed by atoms with Crippen LogP contribution in [0, 0.1) is 0 Å². The number of hydrogen-bond acceptors (Lipinski definition) is 4. The largest absolute Gasteiger partial charge is 0.545 e. The van der Waals surface area contributed by atoms with Crippen LogP contribution in [0.3, 0.4) is 0 Å². The maximum absolute atomic E-state index is 11.3. The molecule has 0 saturated heterocycles. The Hall–Kier alpha value is -2.04. The van der Waals surface area contributed by atoms with Crippen molar-refractivity contribution in [2.45, 2.75) is 9.92 Å². The van der Waals surface area contributed by atoms with E-state index in [2.05, 4.69) is 4.98 Å². The van der Waals surface area contributed by atoms with Crippen molar-refractivity contribution in [3.63, 3.8) is 0 Å². The summed E-state index contributed by atoms with van der Waals surface area (Å²) in [4.78, 5) is 16.7. The van der Waals surface area contributed by atoms with E-state index in [0.29, 0.717) is 21.0 Å². The smallest absolute Gasteiger partial charge is 0.102 e. The second-order valence-corrected chi connectivity index (χ2v) is 5.90. The lowest BCUT2D eigenvalue weighted by Gasteiger charge is -2.10. The van der Waals surface area contributed by atoms with Gasteiger partial charge in [0.05, 0.1) is 11.5 Å². The molecule has 0 aliphatic heterocycles. The van der Waals surface area contributed by atoms with E-state index in [1.807, 2.05) is 18.2 Å². The van der Waals surface area contributed by atoms with Gasteiger partial charge in [0.15, 0.2) is 0 Å². The predicted molar refractivity (Wildman–Crippen MR) is 81.6 cm³/mol. The van der Waals surface area contributed by atoms with Gasteiger partial charge in [0.1, 0.15) is 5.03 Å². The molecule has 0 amide bonds. The van der Waals surface area contributed by atoms with Crippen molar-refractivity contribution in [1.29, 1.82) is 0 Å². The van der Waals surface area contributed by atoms with Crippen molar-refractivity contribution in [3.05, 3.63) is 65.2 Å². The summed E-state index contributed by atoms with van der Waals surface area (Å²) in [5, 5.41) is 13.1. The molecule has 3 nitrogen and oxygen atoms in total. The summed E-state index contributed by atoms with van der Waals surface area (Å²) < 4.78 is 0. The third kappa shape index (κ3) is 3.01. The van der Waals surface area contributed by atoms with Gasteiger partial charge in [-0.25, -0.2) is 4.98 Å². The number of para-hydroxylation sites is 1. The van der Waals surface area contributed by atoms with E-state index >= 15 is 0 Å². The molecular formula is C16H9ClNO2S-. The Morgan fingerprint density at radius 2 is 1.81 bits per heavy atom. The van der Waals surface area contributed by atoms with Crippen molar-refractivity contribution in [2.75, 3.05) is 0 Å². The normalized spacial score (nSPS) is 10.7. The van der Waals surface area contributed by atoms with E-state index in [-0.39, 0.29) is 5.56 Å². The summed E-state index contributed by atoms with van der Waals surface area (Å²) in [5.41, 5.74) is 0.785. The first-order chi connectivity index (χ1) is 10.1. The second kappa shape index (κ2) is 5.76. The molecule has 21 heavy (non-hydrogen) atoms. The van der Waals surface area contributed by atoms with Gasteiger partial charge < -0.3 is 9.90 Å². The maximum atomic E-state index is 11.3. The minimum atomic E-state index is -1.20. The van der Waals surface area contributed by atoms with Crippen LogP contribution in [0.1, 0.15) is 10.4 Å². The lowest BCUT2D eigenvalue weighted by Crippen LogP contribution is -2.22. The van der Waals surface area contributed by atoms with E-state index in [9.17, 15) is 9.90 Å². The van der Waals surface area contributed by atoms with Crippen LogP contribution in [0.25, 0.3) is 10.9 Å². The number of pyridine rings is 1. The average molecular weight is 315 g/mol. The van der Waals surface area contributed by atoms with Gasteiger partial charge in [-0.3, -0.25) is 0 Å². The van der Waals surface area contributed by atoms with Crippen LogP contribution >= 0.6 is 23.4 Å². The average Bonchev–Trinajstić information content (AvgIpc) is 2.48. The Bertz CT molecular complexity index is 818. The highest BCUT2D eigenvalue weighted by atomic mass is 35.5. The van der Waals surface area contributed by atoms with Crippen molar-refractivity contribution in [1.82, 2.24) is 4.98 Å². The predicted octanol–water partition coefficient (Wildman–Crippen LogP) is 3.40. The van der Waals surface area contributed by atoms with Gasteiger partial charge in [-0.2, -0.15) is 0 Å². The fourth-order valence-electron chi connectivity index (χ4n) is 2.00. The molecule has 0 radical (unpaired) electrons. The number of rotatable bonds is 3. The molecule has 0 saturated carbocycles. The number of carbonyl (C=O) groups is 1. The van der Waals surface area contributed by atoms with Gasteiger partial charge in [0.25, 0.3) is 0 Å². The number of nitrogens with zero attached hydrogens (tertiary/aromatic N) is 1. The minimum Gasteiger partial charge on any atom is -0.545 e. The van der Waals surface area contributed by atoms with Crippen LogP contribution in [-0.2, 0) is 0 Å². The number of aromatic carboxylic acids is 1. The third-order valence-electron chi connectivity index (χ3n) is 2.95. The molecule has 0 aliphatic rings. The summed E-state index contributed by atoms with van der Waals surface area (Å²) in [5.74, 6) is -1.20. The molecule has 3 rings (SSSR count). The zero-order valence-corrected chi connectivity index (χ0v) is 12.3. The molecule has 0 bridgehead atoms. The van der Waals surface area contributed by atoms with Crippen LogP contribution in [0.2, 0.25) is 5.02 Å². The molecular weight excluding hydrogens is 306 g/mol. The Kier molecular flexibility index (Phi) is 3.82. The molecule has 1 aromatic heterocycles. The van der Waals surface area contributed by atoms with E-state index in [4.69, 9.17) is 11.6 Å². The van der Waals surface area contributed by atoms with Gasteiger partial charge in [-0.15, -0.1) is 0 Å². The molecule has 0 atom stereocenters. The zero-order chi connectivity index (χ0) is 14.8. The third-order valence-corrected chi connectivity index (χ3v) is 4.13. The van der Waals surface area contributed by atoms with Gasteiger partial charge in [0, 0.05) is 20.9 Å². The molecule has 0 N–H and O–H groups in total. The standard InChI is InChI=1S/C16H10ClNO2S/c17-10-5-7-11(8-6-10)21-15-9-13(16(19)20)12-3-1-2-4-14(12)18-15/h1-9H,(H,19,20)/p-1. The fraction of sp³-hybridized carbons (Fsp3) is 0. The number of aromatic nitrogens is 1. The van der Waals surface area contributed by atoms with Crippen molar-refractivity contribution >= 4 is 40.2 Å². The topological polar surface area (TPSA) is 53.0 Å². The molecule has 2 aromatic carbocycles. The van der Waals surface area contributed by atoms with Crippen LogP contribution in [-0.4, -0.2) is 11.0 Å². The Morgan fingerprint density at radius 3 is 2.52 bits per heavy atom. The number of fused-ring (bicyclic) bond motifs is 1. The van der Waals surface area contributed by atoms with Gasteiger partial charge in [-0.05, 0) is 36.4 Å². The van der Waals surface area contributed by atoms with Gasteiger partial charge in [-0.1, -0.05) is 41.6 Å². The van der Waals surface area contributed by atoms with E-state index in [1.54, 1.807) is 30.3 Å². The number of benzene rings is 2. The SMILES string of the molecule is O=C([O-])c1cc(Sc2ccc(Cl)cc2)nc2ccccc12. The maximum Gasteiger partial charge on any atom is 0.102 e. The molecule has 104 valence electrons.